The molecule has 0 fully saturated rings. The van der Waals surface area contributed by atoms with E-state index in [2.05, 4.69) is 50.0 Å². The van der Waals surface area contributed by atoms with Crippen molar-refractivity contribution in [2.45, 2.75) is 18.7 Å². The molecule has 38 nitrogen and oxygen atoms in total. The number of methoxy groups -OCH3 is 1. The van der Waals surface area contributed by atoms with Crippen LogP contribution in [-0.2, 0) is 73.9 Å². The van der Waals surface area contributed by atoms with E-state index in [1.807, 2.05) is 0 Å². The van der Waals surface area contributed by atoms with Gasteiger partial charge in [-0.15, -0.1) is 5.10 Å². The van der Waals surface area contributed by atoms with Crippen molar-refractivity contribution in [2.24, 2.45) is 0 Å². The first kappa shape index (κ1) is 63.9. The summed E-state index contributed by atoms with van der Waals surface area (Å²) >= 11 is 0. The number of carbonyl (C=O) groups excluding carboxylic acids is 3. The van der Waals surface area contributed by atoms with Crippen molar-refractivity contribution in [1.82, 2.24) is 56.3 Å². The standard InChI is InChI=1S/C42H54N12O26S/c1-29-7-8-34(44-26-29)81(64,65)51(28-76-42(57)73-19-13-69-16-24-79-54(62)63)38-35(80-33-6-4-3-5-32(33)66-2)39(70-20-21-74-40(55)71-17-11-67-14-22-77-52(58)59)46-36(45-38)30-9-10-43-31(25-30)37-47-48-49-50(37)27-75-41(56)72-18-12-68-15-23-78-53(60)61/h3-10,25-26,58-63H,11-24,27-28H2,1-2H3. The lowest BCUT2D eigenvalue weighted by Gasteiger charge is -2.26. The van der Waals surface area contributed by atoms with Crippen LogP contribution in [0.2, 0.25) is 0 Å². The van der Waals surface area contributed by atoms with Gasteiger partial charge in [0.05, 0.1) is 82.7 Å². The number of para-hydroxylation sites is 2. The van der Waals surface area contributed by atoms with Gasteiger partial charge >= 0.3 is 18.5 Å². The van der Waals surface area contributed by atoms with Crippen molar-refractivity contribution in [3.05, 3.63) is 66.5 Å². The minimum Gasteiger partial charge on any atom is -0.493 e. The zero-order chi connectivity index (χ0) is 58.4. The molecule has 0 radical (unpaired) electrons. The number of carbonyl (C=O) groups is 3. The molecule has 0 bridgehead atoms. The van der Waals surface area contributed by atoms with Crippen LogP contribution in [0.4, 0.5) is 20.2 Å². The number of anilines is 1. The Morgan fingerprint density at radius 2 is 1.19 bits per heavy atom. The van der Waals surface area contributed by atoms with Gasteiger partial charge in [0.15, 0.2) is 41.6 Å². The van der Waals surface area contributed by atoms with E-state index in [1.165, 1.54) is 55.9 Å². The lowest BCUT2D eigenvalue weighted by atomic mass is 10.2. The van der Waals surface area contributed by atoms with Crippen molar-refractivity contribution in [3.63, 3.8) is 0 Å². The topological polar surface area (TPSA) is 453 Å². The van der Waals surface area contributed by atoms with Crippen LogP contribution in [0.25, 0.3) is 22.9 Å². The third-order valence-electron chi connectivity index (χ3n) is 9.34. The molecule has 0 aliphatic heterocycles. The van der Waals surface area contributed by atoms with Crippen LogP contribution in [0, 0.1) is 6.92 Å². The van der Waals surface area contributed by atoms with Gasteiger partial charge in [0, 0.05) is 18.0 Å². The summed E-state index contributed by atoms with van der Waals surface area (Å²) in [4.78, 5) is 68.8. The van der Waals surface area contributed by atoms with Crippen molar-refractivity contribution in [3.8, 4) is 46.0 Å². The summed E-state index contributed by atoms with van der Waals surface area (Å²) in [7, 11) is -3.66. The van der Waals surface area contributed by atoms with E-state index < -0.39 is 100 Å². The normalized spacial score (nSPS) is 11.4. The number of ether oxygens (including phenoxy) is 12. The molecule has 0 aliphatic carbocycles. The van der Waals surface area contributed by atoms with Crippen LogP contribution in [0.15, 0.2) is 66.0 Å². The highest BCUT2D eigenvalue weighted by Gasteiger charge is 2.35. The first-order chi connectivity index (χ1) is 39.0. The van der Waals surface area contributed by atoms with Gasteiger partial charge in [-0.2, -0.15) is 18.1 Å². The van der Waals surface area contributed by atoms with E-state index >= 15 is 0 Å². The highest BCUT2D eigenvalue weighted by atomic mass is 32.2. The summed E-state index contributed by atoms with van der Waals surface area (Å²) in [6, 6.07) is 11.5. The smallest absolute Gasteiger partial charge is 0.493 e. The minimum atomic E-state index is -4.99. The number of sulfonamides is 1. The fraction of sp³-hybridized carbons (Fsp3) is 0.429. The molecule has 6 N–H and O–H groups in total. The van der Waals surface area contributed by atoms with Crippen molar-refractivity contribution < 1.29 is 125 Å². The third-order valence-corrected chi connectivity index (χ3v) is 11.0. The second kappa shape index (κ2) is 34.2. The van der Waals surface area contributed by atoms with Crippen LogP contribution in [-0.4, -0.2) is 221 Å². The first-order valence-electron chi connectivity index (χ1n) is 23.1. The second-order valence-electron chi connectivity index (χ2n) is 14.9. The van der Waals surface area contributed by atoms with Gasteiger partial charge in [0.2, 0.25) is 11.6 Å². The van der Waals surface area contributed by atoms with Gasteiger partial charge in [0.25, 0.3) is 15.9 Å². The molecule has 4 heterocycles. The molecule has 0 unspecified atom stereocenters. The van der Waals surface area contributed by atoms with Gasteiger partial charge in [-0.3, -0.25) is 36.2 Å². The Hall–Kier alpha value is -7.97. The predicted octanol–water partition coefficient (Wildman–Crippen LogP) is 1.73. The summed E-state index contributed by atoms with van der Waals surface area (Å²) in [6.45, 7) is -3.78. The first-order valence-corrected chi connectivity index (χ1v) is 24.6. The summed E-state index contributed by atoms with van der Waals surface area (Å²) in [5.74, 6) is -2.13. The molecule has 0 spiro atoms. The molecular formula is C42H54N12O26S. The molecule has 0 amide bonds. The largest absolute Gasteiger partial charge is 0.510 e. The van der Waals surface area contributed by atoms with E-state index in [0.717, 1.165) is 4.68 Å². The lowest BCUT2D eigenvalue weighted by Crippen LogP contribution is -2.36. The molecule has 5 rings (SSSR count). The van der Waals surface area contributed by atoms with E-state index in [9.17, 15) is 22.8 Å². The molecule has 0 saturated carbocycles. The van der Waals surface area contributed by atoms with Crippen LogP contribution >= 0.6 is 0 Å². The quantitative estimate of drug-likeness (QED) is 0.0108. The monoisotopic (exact) mass is 1170 g/mol. The molecule has 0 saturated heterocycles. The Kier molecular flexibility index (Phi) is 27.0. The van der Waals surface area contributed by atoms with Crippen molar-refractivity contribution >= 4 is 34.3 Å². The number of tetrazole rings is 1. The molecular weight excluding hydrogens is 1120 g/mol. The molecule has 81 heavy (non-hydrogen) atoms. The molecule has 1 aromatic carbocycles. The minimum absolute atomic E-state index is 0.00340. The molecule has 444 valence electrons. The number of rotatable bonds is 37. The maximum atomic E-state index is 14.9. The Labute approximate surface area is 457 Å². The summed E-state index contributed by atoms with van der Waals surface area (Å²) in [5.41, 5.74) is 0.630. The van der Waals surface area contributed by atoms with E-state index in [1.54, 1.807) is 19.1 Å². The maximum Gasteiger partial charge on any atom is 0.510 e. The number of pyridine rings is 2. The average molecular weight is 1180 g/mol. The molecule has 5 aromatic rings. The number of aromatic nitrogens is 8. The van der Waals surface area contributed by atoms with Gasteiger partial charge in [-0.25, -0.2) is 43.2 Å². The third kappa shape index (κ3) is 22.2. The van der Waals surface area contributed by atoms with E-state index in [4.69, 9.17) is 88.1 Å². The molecule has 4 aromatic heterocycles. The van der Waals surface area contributed by atoms with Gasteiger partial charge < -0.3 is 56.8 Å². The van der Waals surface area contributed by atoms with Crippen LogP contribution in [0.3, 0.4) is 0 Å². The van der Waals surface area contributed by atoms with Crippen LogP contribution < -0.4 is 18.5 Å². The summed E-state index contributed by atoms with van der Waals surface area (Å²) in [6.07, 6.45) is -1.19. The number of aryl methyl sites for hydroxylation is 1. The fourth-order valence-corrected chi connectivity index (χ4v) is 7.05. The fourth-order valence-electron chi connectivity index (χ4n) is 5.85. The average Bonchev–Trinajstić information content (AvgIpc) is 3.93. The molecule has 0 aliphatic rings. The Morgan fingerprint density at radius 1 is 0.630 bits per heavy atom. The second-order valence-corrected chi connectivity index (χ2v) is 16.7. The number of nitrogens with zero attached hydrogens (tertiary/aromatic N) is 12. The summed E-state index contributed by atoms with van der Waals surface area (Å²) in [5, 5.41) is 61.1. The van der Waals surface area contributed by atoms with Crippen LogP contribution in [0.1, 0.15) is 5.56 Å². The Bertz CT molecular complexity index is 2820. The number of benzene rings is 1. The maximum absolute atomic E-state index is 14.9. The summed E-state index contributed by atoms with van der Waals surface area (Å²) < 4.78 is 95.5. The van der Waals surface area contributed by atoms with Gasteiger partial charge in [0.1, 0.15) is 38.7 Å². The van der Waals surface area contributed by atoms with Gasteiger partial charge in [-0.1, -0.05) is 18.2 Å². The van der Waals surface area contributed by atoms with Crippen molar-refractivity contribution in [2.75, 3.05) is 111 Å². The zero-order valence-corrected chi connectivity index (χ0v) is 43.5. The number of hydrogen-bond donors (Lipinski definition) is 6. The predicted molar refractivity (Wildman–Crippen MR) is 253 cm³/mol. The zero-order valence-electron chi connectivity index (χ0n) is 42.7. The Balaban J connectivity index is 1.52. The SMILES string of the molecule is COc1ccccc1Oc1c(OCCOC(=O)OCCOCCON(O)O)nc(-c2ccnc(-c3nnnn3COC(=O)OCCOCCON(O)O)c2)nc1N(COC(=O)OCCOCCON(O)O)S(=O)(=O)c1ccc(C)cn1. The highest BCUT2D eigenvalue weighted by Crippen LogP contribution is 2.44. The van der Waals surface area contributed by atoms with E-state index in [0.29, 0.717) is 9.87 Å². The molecule has 39 heteroatoms. The number of hydrogen-bond acceptors (Lipinski definition) is 36. The van der Waals surface area contributed by atoms with Crippen LogP contribution in [0.5, 0.6) is 23.1 Å². The van der Waals surface area contributed by atoms with Crippen molar-refractivity contribution in [1.29, 1.82) is 0 Å². The highest BCUT2D eigenvalue weighted by molar-refractivity contribution is 7.92. The van der Waals surface area contributed by atoms with E-state index in [-0.39, 0.29) is 107 Å². The lowest BCUT2D eigenvalue weighted by molar-refractivity contribution is -0.493. The van der Waals surface area contributed by atoms with Gasteiger partial charge in [-0.05, 0) is 53.2 Å². The Morgan fingerprint density at radius 3 is 1.75 bits per heavy atom. The molecule has 0 atom stereocenters.